The largest absolute Gasteiger partial charge is 0.466 e. The summed E-state index contributed by atoms with van der Waals surface area (Å²) in [6, 6.07) is 7.94. The third-order valence-electron chi connectivity index (χ3n) is 3.27. The number of nitrogens with zero attached hydrogens (tertiary/aromatic N) is 2. The average Bonchev–Trinajstić information content (AvgIpc) is 2.63. The second-order valence-corrected chi connectivity index (χ2v) is 5.38. The Kier molecular flexibility index (Phi) is 9.21. The van der Waals surface area contributed by atoms with E-state index >= 15 is 0 Å². The molecule has 0 atom stereocenters. The van der Waals surface area contributed by atoms with Gasteiger partial charge in [-0.25, -0.2) is 9.37 Å². The van der Waals surface area contributed by atoms with Crippen molar-refractivity contribution < 1.29 is 18.7 Å². The van der Waals surface area contributed by atoms with Crippen molar-refractivity contribution in [3.8, 4) is 0 Å². The number of carbonyl (C=O) groups is 2. The van der Waals surface area contributed by atoms with Crippen LogP contribution in [0.25, 0.3) is 0 Å². The first-order valence-electron chi connectivity index (χ1n) is 8.30. The maximum atomic E-state index is 11.9. The second-order valence-electron chi connectivity index (χ2n) is 5.38. The Labute approximate surface area is 156 Å². The van der Waals surface area contributed by atoms with Crippen molar-refractivity contribution in [2.75, 3.05) is 18.9 Å². The number of nitrogens with two attached hydrogens (primary N) is 1. The van der Waals surface area contributed by atoms with Gasteiger partial charge in [0.05, 0.1) is 13.0 Å². The summed E-state index contributed by atoms with van der Waals surface area (Å²) in [7, 11) is 0. The van der Waals surface area contributed by atoms with Gasteiger partial charge in [0.2, 0.25) is 5.91 Å². The molecule has 0 aliphatic rings. The number of nitrogen functional groups attached to an aromatic ring is 1. The maximum Gasteiger partial charge on any atom is 0.307 e. The van der Waals surface area contributed by atoms with Crippen molar-refractivity contribution in [1.29, 1.82) is 0 Å². The van der Waals surface area contributed by atoms with E-state index in [0.717, 1.165) is 0 Å². The molecule has 9 heteroatoms. The highest BCUT2D eigenvalue weighted by molar-refractivity contribution is 5.77. The van der Waals surface area contributed by atoms with Gasteiger partial charge in [0, 0.05) is 18.4 Å². The minimum atomic E-state index is -0.509. The smallest absolute Gasteiger partial charge is 0.307 e. The van der Waals surface area contributed by atoms with Crippen LogP contribution in [0.15, 0.2) is 41.3 Å². The summed E-state index contributed by atoms with van der Waals surface area (Å²) in [4.78, 5) is 38.2. The molecule has 1 amide bonds. The molecule has 1 aromatic heterocycles. The topological polar surface area (TPSA) is 116 Å². The number of amides is 1. The number of hydrogen-bond donors (Lipinski definition) is 2. The van der Waals surface area contributed by atoms with Gasteiger partial charge >= 0.3 is 5.97 Å². The fourth-order valence-corrected chi connectivity index (χ4v) is 1.93. The Morgan fingerprint density at radius 1 is 1.30 bits per heavy atom. The minimum absolute atomic E-state index is 0.0892. The number of ether oxygens (including phenoxy) is 1. The number of anilines is 1. The van der Waals surface area contributed by atoms with E-state index in [1.807, 2.05) is 0 Å². The van der Waals surface area contributed by atoms with Gasteiger partial charge < -0.3 is 15.8 Å². The number of aromatic nitrogens is 2. The quantitative estimate of drug-likeness (QED) is 0.725. The van der Waals surface area contributed by atoms with E-state index in [-0.39, 0.29) is 43.0 Å². The molecule has 0 bridgehead atoms. The molecule has 3 N–H and O–H groups in total. The third-order valence-corrected chi connectivity index (χ3v) is 3.27. The molecular formula is C18H23FN4O4. The number of carbonyl (C=O) groups excluding carboxylic acids is 2. The van der Waals surface area contributed by atoms with Crippen LogP contribution in [0.5, 0.6) is 0 Å². The van der Waals surface area contributed by atoms with Crippen LogP contribution in [0.2, 0.25) is 0 Å². The fourth-order valence-electron chi connectivity index (χ4n) is 1.93. The van der Waals surface area contributed by atoms with Gasteiger partial charge in [-0.15, -0.1) is 0 Å². The highest BCUT2D eigenvalue weighted by Gasteiger charge is 2.10. The summed E-state index contributed by atoms with van der Waals surface area (Å²) in [6.45, 7) is 3.66. The van der Waals surface area contributed by atoms with Crippen molar-refractivity contribution >= 4 is 17.7 Å². The Hall–Kier alpha value is -3.23. The Bertz CT molecular complexity index is 809. The van der Waals surface area contributed by atoms with E-state index in [0.29, 0.717) is 12.3 Å². The summed E-state index contributed by atoms with van der Waals surface area (Å²) in [6.07, 6.45) is 1.51. The van der Waals surface area contributed by atoms with Crippen LogP contribution < -0.4 is 16.6 Å². The zero-order valence-electron chi connectivity index (χ0n) is 15.3. The molecule has 0 aliphatic carbocycles. The molecule has 146 valence electrons. The number of rotatable bonds is 6. The molecule has 0 aliphatic heterocycles. The van der Waals surface area contributed by atoms with Gasteiger partial charge in [-0.2, -0.15) is 0 Å². The number of hydrogen-bond acceptors (Lipinski definition) is 6. The molecule has 0 radical (unpaired) electrons. The molecule has 0 unspecified atom stereocenters. The SMILES string of the molecule is CCOC(=O)CCNC(=O)Cn1c(C)cnc(N)c1=O.Fc1ccccc1. The average molecular weight is 378 g/mol. The van der Waals surface area contributed by atoms with Gasteiger partial charge in [-0.05, 0) is 26.0 Å². The number of nitrogens with one attached hydrogen (secondary N) is 1. The molecule has 0 spiro atoms. The predicted octanol–water partition coefficient (Wildman–Crippen LogP) is 1.03. The fraction of sp³-hybridized carbons (Fsp3) is 0.333. The van der Waals surface area contributed by atoms with Crippen LogP contribution in [0, 0.1) is 12.7 Å². The number of halogens is 1. The van der Waals surface area contributed by atoms with Gasteiger partial charge in [-0.3, -0.25) is 19.0 Å². The summed E-state index contributed by atoms with van der Waals surface area (Å²) in [5.41, 5.74) is 5.42. The summed E-state index contributed by atoms with van der Waals surface area (Å²) < 4.78 is 17.9. The predicted molar refractivity (Wildman–Crippen MR) is 98.3 cm³/mol. The van der Waals surface area contributed by atoms with Crippen LogP contribution >= 0.6 is 0 Å². The summed E-state index contributed by atoms with van der Waals surface area (Å²) in [5, 5.41) is 2.53. The summed E-state index contributed by atoms with van der Waals surface area (Å²) >= 11 is 0. The van der Waals surface area contributed by atoms with Crippen LogP contribution in [0.1, 0.15) is 19.0 Å². The standard InChI is InChI=1S/C12H18N4O4.C6H5F/c1-3-20-10(18)4-5-14-9(17)7-16-8(2)6-15-11(13)12(16)19;7-6-4-2-1-3-5-6/h6H,3-5,7H2,1-2H3,(H2,13,15)(H,14,17);1-5H. The van der Waals surface area contributed by atoms with Gasteiger partial charge in [-0.1, -0.05) is 18.2 Å². The lowest BCUT2D eigenvalue weighted by atomic mass is 10.4. The van der Waals surface area contributed by atoms with Crippen LogP contribution in [0.4, 0.5) is 10.2 Å². The number of benzene rings is 1. The summed E-state index contributed by atoms with van der Waals surface area (Å²) in [5.74, 6) is -1.10. The Morgan fingerprint density at radius 3 is 2.52 bits per heavy atom. The molecule has 1 heterocycles. The third kappa shape index (κ3) is 8.13. The van der Waals surface area contributed by atoms with Crippen molar-refractivity contribution in [3.05, 3.63) is 58.4 Å². The van der Waals surface area contributed by atoms with E-state index in [2.05, 4.69) is 10.3 Å². The molecular weight excluding hydrogens is 355 g/mol. The molecule has 2 rings (SSSR count). The zero-order chi connectivity index (χ0) is 20.2. The highest BCUT2D eigenvalue weighted by atomic mass is 19.1. The molecule has 0 fully saturated rings. The highest BCUT2D eigenvalue weighted by Crippen LogP contribution is 1.95. The monoisotopic (exact) mass is 378 g/mol. The van der Waals surface area contributed by atoms with Gasteiger partial charge in [0.1, 0.15) is 12.4 Å². The molecule has 0 saturated carbocycles. The number of aryl methyl sites for hydroxylation is 1. The normalized spacial score (nSPS) is 9.74. The van der Waals surface area contributed by atoms with Gasteiger partial charge in [0.25, 0.3) is 5.56 Å². The van der Waals surface area contributed by atoms with E-state index in [1.54, 1.807) is 32.0 Å². The first-order chi connectivity index (χ1) is 12.8. The molecule has 0 saturated heterocycles. The van der Waals surface area contributed by atoms with E-state index < -0.39 is 5.56 Å². The van der Waals surface area contributed by atoms with Crippen molar-refractivity contribution in [1.82, 2.24) is 14.9 Å². The van der Waals surface area contributed by atoms with E-state index in [4.69, 9.17) is 10.5 Å². The number of esters is 1. The maximum absolute atomic E-state index is 11.9. The van der Waals surface area contributed by atoms with Crippen molar-refractivity contribution in [2.45, 2.75) is 26.8 Å². The van der Waals surface area contributed by atoms with Crippen molar-refractivity contribution in [2.24, 2.45) is 0 Å². The van der Waals surface area contributed by atoms with Gasteiger partial charge in [0.15, 0.2) is 5.82 Å². The van der Waals surface area contributed by atoms with E-state index in [1.165, 1.54) is 22.9 Å². The molecule has 2 aromatic rings. The molecule has 8 nitrogen and oxygen atoms in total. The Morgan fingerprint density at radius 2 is 1.96 bits per heavy atom. The van der Waals surface area contributed by atoms with Crippen LogP contribution in [0.3, 0.4) is 0 Å². The van der Waals surface area contributed by atoms with E-state index in [9.17, 15) is 18.8 Å². The Balaban J connectivity index is 0.000000433. The van der Waals surface area contributed by atoms with Crippen LogP contribution in [-0.4, -0.2) is 34.6 Å². The first kappa shape index (κ1) is 21.8. The minimum Gasteiger partial charge on any atom is -0.466 e. The lowest BCUT2D eigenvalue weighted by molar-refractivity contribution is -0.143. The van der Waals surface area contributed by atoms with Crippen molar-refractivity contribution in [3.63, 3.8) is 0 Å². The molecule has 1 aromatic carbocycles. The lowest BCUT2D eigenvalue weighted by Gasteiger charge is -2.10. The molecule has 27 heavy (non-hydrogen) atoms. The lowest BCUT2D eigenvalue weighted by Crippen LogP contribution is -2.35. The second kappa shape index (κ2) is 11.4. The van der Waals surface area contributed by atoms with Crippen LogP contribution in [-0.2, 0) is 20.9 Å². The first-order valence-corrected chi connectivity index (χ1v) is 8.30. The zero-order valence-corrected chi connectivity index (χ0v) is 15.3.